The Morgan fingerprint density at radius 2 is 1.71 bits per heavy atom. The Bertz CT molecular complexity index is 1260. The molecule has 4 rings (SSSR count). The highest BCUT2D eigenvalue weighted by Gasteiger charge is 2.48. The van der Waals surface area contributed by atoms with Crippen molar-refractivity contribution in [3.05, 3.63) is 23.3 Å². The molecule has 3 atom stereocenters. The van der Waals surface area contributed by atoms with Gasteiger partial charge in [0.25, 0.3) is 0 Å². The molecule has 11 heteroatoms. The smallest absolute Gasteiger partial charge is 0.410 e. The first-order valence-corrected chi connectivity index (χ1v) is 18.3. The van der Waals surface area contributed by atoms with Crippen LogP contribution in [0.2, 0.25) is 0 Å². The second-order valence-electron chi connectivity index (χ2n) is 16.0. The maximum atomic E-state index is 14.5. The summed E-state index contributed by atoms with van der Waals surface area (Å²) in [5.41, 5.74) is 1.15. The first-order valence-electron chi connectivity index (χ1n) is 18.3. The van der Waals surface area contributed by atoms with Crippen molar-refractivity contribution in [1.82, 2.24) is 15.1 Å². The largest absolute Gasteiger partial charge is 0.493 e. The molecular formula is C38H61N3O8. The number of fused-ring (bicyclic) bond motifs is 1. The van der Waals surface area contributed by atoms with E-state index >= 15 is 0 Å². The van der Waals surface area contributed by atoms with Crippen LogP contribution in [-0.2, 0) is 32.0 Å². The van der Waals surface area contributed by atoms with E-state index in [4.69, 9.17) is 18.9 Å². The van der Waals surface area contributed by atoms with Gasteiger partial charge in [-0.3, -0.25) is 9.59 Å². The molecule has 2 aliphatic heterocycles. The normalized spacial score (nSPS) is 21.0. The molecule has 49 heavy (non-hydrogen) atoms. The van der Waals surface area contributed by atoms with Crippen molar-refractivity contribution in [3.63, 3.8) is 0 Å². The number of aliphatic hydroxyl groups excluding tert-OH is 1. The van der Waals surface area contributed by atoms with Crippen molar-refractivity contribution < 1.29 is 38.4 Å². The molecule has 3 amide bonds. The first-order chi connectivity index (χ1) is 23.2. The van der Waals surface area contributed by atoms with Gasteiger partial charge in [0.15, 0.2) is 0 Å². The first kappa shape index (κ1) is 38.7. The Hall–Kier alpha value is -3.05. The van der Waals surface area contributed by atoms with Crippen molar-refractivity contribution in [1.29, 1.82) is 0 Å². The van der Waals surface area contributed by atoms with Gasteiger partial charge < -0.3 is 39.2 Å². The van der Waals surface area contributed by atoms with Crippen molar-refractivity contribution in [2.75, 3.05) is 40.0 Å². The Labute approximate surface area is 293 Å². The van der Waals surface area contributed by atoms with Crippen LogP contribution in [0.1, 0.15) is 98.1 Å². The SMILES string of the molecule is COCCCOc1cc(CN(C(=O)C2CN(C(=O)OC(C)(C)C)C[C@@H](C(=O)NC(CC(C)C)CC(C)C)C2O)C2CC2)cc2c1CCCO2. The number of amides is 3. The number of nitrogens with one attached hydrogen (secondary N) is 1. The molecule has 2 N–H and O–H groups in total. The number of benzene rings is 1. The number of ether oxygens (including phenoxy) is 4. The van der Waals surface area contributed by atoms with Crippen LogP contribution in [0.15, 0.2) is 12.1 Å². The van der Waals surface area contributed by atoms with E-state index in [0.717, 1.165) is 67.6 Å². The zero-order chi connectivity index (χ0) is 35.9. The average Bonchev–Trinajstić information content (AvgIpc) is 3.85. The number of carbonyl (C=O) groups excluding carboxylic acids is 3. The van der Waals surface area contributed by atoms with Crippen LogP contribution in [0.5, 0.6) is 11.5 Å². The fraction of sp³-hybridized carbons (Fsp3) is 0.763. The summed E-state index contributed by atoms with van der Waals surface area (Å²) < 4.78 is 23.1. The van der Waals surface area contributed by atoms with Crippen LogP contribution in [-0.4, -0.2) is 96.6 Å². The van der Waals surface area contributed by atoms with Crippen molar-refractivity contribution in [2.45, 2.75) is 124 Å². The minimum absolute atomic E-state index is 0.00775. The average molecular weight is 688 g/mol. The summed E-state index contributed by atoms with van der Waals surface area (Å²) >= 11 is 0. The van der Waals surface area contributed by atoms with E-state index in [-0.39, 0.29) is 37.0 Å². The monoisotopic (exact) mass is 687 g/mol. The highest BCUT2D eigenvalue weighted by Crippen LogP contribution is 2.38. The third-order valence-electron chi connectivity index (χ3n) is 9.25. The van der Waals surface area contributed by atoms with Gasteiger partial charge in [-0.1, -0.05) is 27.7 Å². The third-order valence-corrected chi connectivity index (χ3v) is 9.25. The van der Waals surface area contributed by atoms with Crippen molar-refractivity contribution >= 4 is 17.9 Å². The van der Waals surface area contributed by atoms with E-state index in [0.29, 0.717) is 38.2 Å². The Balaban J connectivity index is 1.60. The molecule has 1 aromatic carbocycles. The van der Waals surface area contributed by atoms with Gasteiger partial charge in [0.2, 0.25) is 11.8 Å². The third kappa shape index (κ3) is 11.2. The van der Waals surface area contributed by atoms with E-state index in [9.17, 15) is 19.5 Å². The molecule has 1 saturated carbocycles. The predicted molar refractivity (Wildman–Crippen MR) is 187 cm³/mol. The van der Waals surface area contributed by atoms with Crippen LogP contribution in [0.4, 0.5) is 4.79 Å². The summed E-state index contributed by atoms with van der Waals surface area (Å²) in [6.45, 7) is 15.8. The molecule has 11 nitrogen and oxygen atoms in total. The lowest BCUT2D eigenvalue weighted by Crippen LogP contribution is -2.60. The molecule has 1 aromatic rings. The van der Waals surface area contributed by atoms with Gasteiger partial charge in [-0.2, -0.15) is 0 Å². The summed E-state index contributed by atoms with van der Waals surface area (Å²) in [5, 5.41) is 15.0. The number of piperidine rings is 1. The van der Waals surface area contributed by atoms with Gasteiger partial charge in [-0.05, 0) is 88.8 Å². The van der Waals surface area contributed by atoms with E-state index in [1.165, 1.54) is 4.90 Å². The quantitative estimate of drug-likeness (QED) is 0.237. The van der Waals surface area contributed by atoms with Crippen LogP contribution in [0, 0.1) is 23.7 Å². The van der Waals surface area contributed by atoms with Gasteiger partial charge in [0, 0.05) is 57.4 Å². The van der Waals surface area contributed by atoms with E-state index in [1.807, 2.05) is 12.1 Å². The number of carbonyl (C=O) groups is 3. The van der Waals surface area contributed by atoms with Crippen LogP contribution in [0.3, 0.4) is 0 Å². The maximum Gasteiger partial charge on any atom is 0.410 e. The van der Waals surface area contributed by atoms with Gasteiger partial charge >= 0.3 is 6.09 Å². The zero-order valence-electron chi connectivity index (χ0n) is 31.1. The molecule has 0 radical (unpaired) electrons. The lowest BCUT2D eigenvalue weighted by molar-refractivity contribution is -0.150. The van der Waals surface area contributed by atoms with Gasteiger partial charge in [0.05, 0.1) is 31.2 Å². The molecule has 3 aliphatic rings. The highest BCUT2D eigenvalue weighted by atomic mass is 16.6. The predicted octanol–water partition coefficient (Wildman–Crippen LogP) is 5.34. The van der Waals surface area contributed by atoms with E-state index in [2.05, 4.69) is 33.0 Å². The summed E-state index contributed by atoms with van der Waals surface area (Å²) in [4.78, 5) is 45.1. The van der Waals surface area contributed by atoms with Gasteiger partial charge in [0.1, 0.15) is 17.1 Å². The zero-order valence-corrected chi connectivity index (χ0v) is 31.1. The molecule has 1 aliphatic carbocycles. The molecule has 2 heterocycles. The fourth-order valence-electron chi connectivity index (χ4n) is 6.91. The lowest BCUT2D eigenvalue weighted by Gasteiger charge is -2.42. The summed E-state index contributed by atoms with van der Waals surface area (Å²) in [6, 6.07) is 3.91. The molecule has 0 aromatic heterocycles. The Morgan fingerprint density at radius 1 is 1.04 bits per heavy atom. The van der Waals surface area contributed by atoms with Crippen LogP contribution >= 0.6 is 0 Å². The topological polar surface area (TPSA) is 127 Å². The minimum atomic E-state index is -1.27. The fourth-order valence-corrected chi connectivity index (χ4v) is 6.91. The summed E-state index contributed by atoms with van der Waals surface area (Å²) in [5.74, 6) is -0.332. The molecule has 1 saturated heterocycles. The van der Waals surface area contributed by atoms with Crippen molar-refractivity contribution in [3.8, 4) is 11.5 Å². The van der Waals surface area contributed by atoms with Crippen LogP contribution < -0.4 is 14.8 Å². The number of hydrogen-bond donors (Lipinski definition) is 2. The van der Waals surface area contributed by atoms with E-state index < -0.39 is 29.6 Å². The number of nitrogens with zero attached hydrogens (tertiary/aromatic N) is 2. The lowest BCUT2D eigenvalue weighted by atomic mass is 9.83. The Morgan fingerprint density at radius 3 is 2.33 bits per heavy atom. The number of hydrogen-bond acceptors (Lipinski definition) is 8. The maximum absolute atomic E-state index is 14.5. The van der Waals surface area contributed by atoms with Gasteiger partial charge in [-0.25, -0.2) is 4.79 Å². The minimum Gasteiger partial charge on any atom is -0.493 e. The molecule has 0 spiro atoms. The molecule has 2 fully saturated rings. The van der Waals surface area contributed by atoms with E-state index in [1.54, 1.807) is 32.8 Å². The number of aliphatic hydroxyl groups is 1. The second kappa shape index (κ2) is 17.2. The second-order valence-corrected chi connectivity index (χ2v) is 16.0. The highest BCUT2D eigenvalue weighted by molar-refractivity contribution is 5.86. The number of methoxy groups -OCH3 is 1. The number of likely N-dealkylation sites (tertiary alicyclic amines) is 1. The molecule has 2 unspecified atom stereocenters. The van der Waals surface area contributed by atoms with Crippen molar-refractivity contribution in [2.24, 2.45) is 23.7 Å². The summed E-state index contributed by atoms with van der Waals surface area (Å²) in [6.07, 6.45) is 3.94. The van der Waals surface area contributed by atoms with Gasteiger partial charge in [-0.15, -0.1) is 0 Å². The summed E-state index contributed by atoms with van der Waals surface area (Å²) in [7, 11) is 1.67. The molecule has 0 bridgehead atoms. The number of rotatable bonds is 15. The molecule has 276 valence electrons. The standard InChI is InChI=1S/C38H61N3O8/c1-24(2)17-27(18-25(3)4)39-35(43)30-22-40(37(45)49-38(5,6)7)23-31(34(30)42)36(44)41(28-12-13-28)21-26-19-32-29(11-9-15-47-32)33(20-26)48-16-10-14-46-8/h19-20,24-25,27-28,30-31,34,42H,9-18,21-23H2,1-8H3,(H,39,43)/t30-,31?,34?/m1/s1. The Kier molecular flexibility index (Phi) is 13.6. The van der Waals surface area contributed by atoms with Crippen LogP contribution in [0.25, 0.3) is 0 Å². The molecular weight excluding hydrogens is 626 g/mol.